The van der Waals surface area contributed by atoms with Gasteiger partial charge in [-0.3, -0.25) is 9.09 Å². The zero-order chi connectivity index (χ0) is 11.0. The molecule has 0 heterocycles. The lowest BCUT2D eigenvalue weighted by Gasteiger charge is -2.26. The van der Waals surface area contributed by atoms with Crippen LogP contribution >= 0.6 is 8.03 Å². The van der Waals surface area contributed by atoms with Crippen LogP contribution in [-0.4, -0.2) is 17.1 Å². The summed E-state index contributed by atoms with van der Waals surface area (Å²) in [6.45, 7) is 3.65. The van der Waals surface area contributed by atoms with Crippen molar-refractivity contribution in [2.45, 2.75) is 45.3 Å². The zero-order valence-electron chi connectivity index (χ0n) is 8.75. The van der Waals surface area contributed by atoms with Gasteiger partial charge in [0.2, 0.25) is 0 Å². The fraction of sp³-hybridized carbons (Fsp3) is 0.889. The Bertz CT molecular complexity index is 227. The minimum atomic E-state index is -2.15. The Labute approximate surface area is 85.8 Å². The molecule has 0 aromatic rings. The Morgan fingerprint density at radius 2 is 2.14 bits per heavy atom. The Morgan fingerprint density at radius 1 is 1.50 bits per heavy atom. The summed E-state index contributed by atoms with van der Waals surface area (Å²) in [6, 6.07) is 1.94. The first kappa shape index (κ1) is 13.6. The highest BCUT2D eigenvalue weighted by Gasteiger charge is 2.28. The van der Waals surface area contributed by atoms with Crippen LogP contribution in [0.5, 0.6) is 0 Å². The van der Waals surface area contributed by atoms with E-state index in [1.807, 2.05) is 13.0 Å². The van der Waals surface area contributed by atoms with Crippen LogP contribution in [0.25, 0.3) is 0 Å². The molecular formula is C9H18NO3P. The molecule has 1 N–H and O–H groups in total. The van der Waals surface area contributed by atoms with Gasteiger partial charge in [-0.2, -0.15) is 5.26 Å². The van der Waals surface area contributed by atoms with E-state index in [2.05, 4.69) is 0 Å². The highest BCUT2D eigenvalue weighted by atomic mass is 31.1. The second kappa shape index (κ2) is 7.00. The molecule has 4 nitrogen and oxygen atoms in total. The van der Waals surface area contributed by atoms with Crippen molar-refractivity contribution in [1.82, 2.24) is 0 Å². The van der Waals surface area contributed by atoms with E-state index in [4.69, 9.17) is 9.79 Å². The number of hydrogen-bond acceptors (Lipinski definition) is 4. The molecule has 0 amide bonds. The third-order valence-electron chi connectivity index (χ3n) is 1.86. The predicted octanol–water partition coefficient (Wildman–Crippen LogP) is 2.29. The van der Waals surface area contributed by atoms with E-state index in [0.29, 0.717) is 12.6 Å². The lowest BCUT2D eigenvalue weighted by Crippen LogP contribution is -2.29. The number of aliphatic hydroxyl groups is 1. The second-order valence-corrected chi connectivity index (χ2v) is 4.84. The van der Waals surface area contributed by atoms with Crippen LogP contribution < -0.4 is 0 Å². The van der Waals surface area contributed by atoms with Gasteiger partial charge in [0.1, 0.15) is 0 Å². The summed E-state index contributed by atoms with van der Waals surface area (Å²) >= 11 is 0. The lowest BCUT2D eigenvalue weighted by atomic mass is 10.1. The monoisotopic (exact) mass is 219 g/mol. The standard InChI is InChI=1S/C9H18NO3P/c1-3-6-9(11,7-5-8-10)13-14(12)4-2/h11,14H,3-7H2,1-2H3. The Morgan fingerprint density at radius 3 is 2.57 bits per heavy atom. The summed E-state index contributed by atoms with van der Waals surface area (Å²) in [5.74, 6) is -1.36. The number of rotatable bonds is 7. The molecule has 0 aromatic heterocycles. The third-order valence-corrected chi connectivity index (χ3v) is 3.05. The largest absolute Gasteiger partial charge is 0.365 e. The van der Waals surface area contributed by atoms with Gasteiger partial charge in [0.15, 0.2) is 13.8 Å². The number of hydrogen-bond donors (Lipinski definition) is 1. The first-order valence-corrected chi connectivity index (χ1v) is 6.41. The average molecular weight is 219 g/mol. The Hall–Kier alpha value is -0.360. The molecule has 0 spiro atoms. The van der Waals surface area contributed by atoms with E-state index in [1.165, 1.54) is 0 Å². The van der Waals surface area contributed by atoms with Crippen molar-refractivity contribution in [2.75, 3.05) is 6.16 Å². The van der Waals surface area contributed by atoms with E-state index < -0.39 is 13.8 Å². The fourth-order valence-electron chi connectivity index (χ4n) is 1.15. The maximum atomic E-state index is 11.2. The smallest absolute Gasteiger partial charge is 0.193 e. The quantitative estimate of drug-likeness (QED) is 0.526. The van der Waals surface area contributed by atoms with Crippen LogP contribution in [-0.2, 0) is 9.09 Å². The van der Waals surface area contributed by atoms with Crippen molar-refractivity contribution >= 4 is 8.03 Å². The van der Waals surface area contributed by atoms with Gasteiger partial charge in [0.25, 0.3) is 0 Å². The molecule has 0 aromatic carbocycles. The third kappa shape index (κ3) is 5.39. The molecule has 2 unspecified atom stereocenters. The van der Waals surface area contributed by atoms with Crippen LogP contribution in [0.1, 0.15) is 39.5 Å². The highest BCUT2D eigenvalue weighted by molar-refractivity contribution is 7.39. The molecule has 14 heavy (non-hydrogen) atoms. The van der Waals surface area contributed by atoms with E-state index in [1.54, 1.807) is 6.92 Å². The van der Waals surface area contributed by atoms with Crippen LogP contribution in [0, 0.1) is 11.3 Å². The van der Waals surface area contributed by atoms with Gasteiger partial charge in [0, 0.05) is 25.4 Å². The van der Waals surface area contributed by atoms with Gasteiger partial charge in [-0.25, -0.2) is 0 Å². The number of nitriles is 1. The van der Waals surface area contributed by atoms with Crippen molar-refractivity contribution in [3.05, 3.63) is 0 Å². The minimum Gasteiger partial charge on any atom is -0.365 e. The van der Waals surface area contributed by atoms with Gasteiger partial charge >= 0.3 is 0 Å². The normalized spacial score (nSPS) is 17.0. The molecule has 82 valence electrons. The lowest BCUT2D eigenvalue weighted by molar-refractivity contribution is -0.142. The maximum absolute atomic E-state index is 11.2. The summed E-state index contributed by atoms with van der Waals surface area (Å²) in [4.78, 5) is 0. The van der Waals surface area contributed by atoms with E-state index in [0.717, 1.165) is 6.42 Å². The summed E-state index contributed by atoms with van der Waals surface area (Å²) in [7, 11) is -2.15. The summed E-state index contributed by atoms with van der Waals surface area (Å²) < 4.78 is 16.3. The molecule has 2 atom stereocenters. The summed E-state index contributed by atoms with van der Waals surface area (Å²) in [6.07, 6.45) is 2.03. The van der Waals surface area contributed by atoms with Crippen LogP contribution in [0.4, 0.5) is 0 Å². The van der Waals surface area contributed by atoms with E-state index in [-0.39, 0.29) is 12.8 Å². The summed E-state index contributed by atoms with van der Waals surface area (Å²) in [5.41, 5.74) is 0. The molecule has 0 radical (unpaired) electrons. The molecular weight excluding hydrogens is 201 g/mol. The maximum Gasteiger partial charge on any atom is 0.193 e. The molecule has 0 aliphatic rings. The summed E-state index contributed by atoms with van der Waals surface area (Å²) in [5, 5.41) is 18.3. The van der Waals surface area contributed by atoms with Crippen LogP contribution in [0.2, 0.25) is 0 Å². The van der Waals surface area contributed by atoms with E-state index in [9.17, 15) is 9.67 Å². The second-order valence-electron chi connectivity index (χ2n) is 3.18. The van der Waals surface area contributed by atoms with Crippen LogP contribution in [0.15, 0.2) is 0 Å². The Balaban J connectivity index is 4.23. The van der Waals surface area contributed by atoms with Gasteiger partial charge in [-0.1, -0.05) is 20.3 Å². The van der Waals surface area contributed by atoms with Gasteiger partial charge in [0.05, 0.1) is 6.07 Å². The van der Waals surface area contributed by atoms with Crippen molar-refractivity contribution in [3.8, 4) is 6.07 Å². The topological polar surface area (TPSA) is 70.3 Å². The molecule has 5 heteroatoms. The first-order valence-electron chi connectivity index (χ1n) is 4.89. The van der Waals surface area contributed by atoms with Crippen molar-refractivity contribution < 1.29 is 14.2 Å². The van der Waals surface area contributed by atoms with Crippen molar-refractivity contribution in [2.24, 2.45) is 0 Å². The fourth-order valence-corrected chi connectivity index (χ4v) is 1.93. The SMILES string of the molecule is CCCC(O)(CCC#N)O[PH](=O)CC. The molecule has 0 saturated carbocycles. The zero-order valence-corrected chi connectivity index (χ0v) is 9.75. The van der Waals surface area contributed by atoms with Gasteiger partial charge in [-0.05, 0) is 0 Å². The van der Waals surface area contributed by atoms with Gasteiger partial charge < -0.3 is 5.11 Å². The molecule has 0 fully saturated rings. The van der Waals surface area contributed by atoms with Gasteiger partial charge in [-0.15, -0.1) is 0 Å². The number of nitrogens with zero attached hydrogens (tertiary/aromatic N) is 1. The molecule has 0 aliphatic heterocycles. The molecule has 0 saturated heterocycles. The van der Waals surface area contributed by atoms with Crippen molar-refractivity contribution in [1.29, 1.82) is 5.26 Å². The van der Waals surface area contributed by atoms with Crippen LogP contribution in [0.3, 0.4) is 0 Å². The predicted molar refractivity (Wildman–Crippen MR) is 55.3 cm³/mol. The highest BCUT2D eigenvalue weighted by Crippen LogP contribution is 2.33. The average Bonchev–Trinajstić information content (AvgIpc) is 2.15. The van der Waals surface area contributed by atoms with Crippen molar-refractivity contribution in [3.63, 3.8) is 0 Å². The molecule has 0 rings (SSSR count). The molecule has 0 bridgehead atoms. The first-order chi connectivity index (χ1) is 6.58. The minimum absolute atomic E-state index is 0.218. The Kier molecular flexibility index (Phi) is 6.82. The molecule has 0 aliphatic carbocycles. The van der Waals surface area contributed by atoms with E-state index >= 15 is 0 Å².